The SMILES string of the molecule is Cc1ccccc1OCc1nc2cc(Cl)ccc2n1CCCN(C)C. The van der Waals surface area contributed by atoms with Crippen LogP contribution in [0.1, 0.15) is 17.8 Å². The average Bonchev–Trinajstić information content (AvgIpc) is 2.90. The molecule has 2 aromatic carbocycles. The molecule has 0 unspecified atom stereocenters. The van der Waals surface area contributed by atoms with E-state index in [1.807, 2.05) is 36.4 Å². The molecule has 0 aliphatic rings. The van der Waals surface area contributed by atoms with E-state index in [0.717, 1.165) is 47.7 Å². The van der Waals surface area contributed by atoms with Gasteiger partial charge in [-0.15, -0.1) is 0 Å². The van der Waals surface area contributed by atoms with E-state index < -0.39 is 0 Å². The first kappa shape index (κ1) is 17.8. The second-order valence-corrected chi connectivity index (χ2v) is 6.96. The molecule has 0 N–H and O–H groups in total. The number of aromatic nitrogens is 2. The minimum absolute atomic E-state index is 0.444. The number of imidazole rings is 1. The zero-order valence-electron chi connectivity index (χ0n) is 15.0. The summed E-state index contributed by atoms with van der Waals surface area (Å²) in [4.78, 5) is 6.95. The standard InChI is InChI=1S/C20H24ClN3O/c1-15-7-4-5-8-19(15)25-14-20-22-17-13-16(21)9-10-18(17)24(20)12-6-11-23(2)3/h4-5,7-10,13H,6,11-12,14H2,1-3H3. The summed E-state index contributed by atoms with van der Waals surface area (Å²) < 4.78 is 8.27. The number of para-hydroxylation sites is 1. The molecule has 0 saturated carbocycles. The molecule has 0 bridgehead atoms. The van der Waals surface area contributed by atoms with Gasteiger partial charge >= 0.3 is 0 Å². The van der Waals surface area contributed by atoms with Crippen LogP contribution in [0.5, 0.6) is 5.75 Å². The van der Waals surface area contributed by atoms with Gasteiger partial charge in [0.2, 0.25) is 0 Å². The quantitative estimate of drug-likeness (QED) is 0.622. The van der Waals surface area contributed by atoms with Crippen LogP contribution in [0.4, 0.5) is 0 Å². The molecule has 132 valence electrons. The average molecular weight is 358 g/mol. The van der Waals surface area contributed by atoms with Crippen LogP contribution in [0.3, 0.4) is 0 Å². The lowest BCUT2D eigenvalue weighted by atomic mass is 10.2. The minimum atomic E-state index is 0.444. The molecule has 1 aromatic heterocycles. The fourth-order valence-electron chi connectivity index (χ4n) is 2.92. The Kier molecular flexibility index (Phi) is 5.61. The number of fused-ring (bicyclic) bond motifs is 1. The minimum Gasteiger partial charge on any atom is -0.485 e. The van der Waals surface area contributed by atoms with Crippen molar-refractivity contribution in [3.8, 4) is 5.75 Å². The molecule has 0 atom stereocenters. The fourth-order valence-corrected chi connectivity index (χ4v) is 3.08. The number of aryl methyl sites for hydroxylation is 2. The largest absolute Gasteiger partial charge is 0.485 e. The summed E-state index contributed by atoms with van der Waals surface area (Å²) in [5.41, 5.74) is 3.15. The van der Waals surface area contributed by atoms with Crippen LogP contribution in [0.25, 0.3) is 11.0 Å². The van der Waals surface area contributed by atoms with Crippen LogP contribution in [0.2, 0.25) is 5.02 Å². The molecule has 5 heteroatoms. The predicted octanol–water partition coefficient (Wildman–Crippen LogP) is 4.53. The molecular formula is C20H24ClN3O. The number of nitrogens with zero attached hydrogens (tertiary/aromatic N) is 3. The van der Waals surface area contributed by atoms with Crippen molar-refractivity contribution < 1.29 is 4.74 Å². The van der Waals surface area contributed by atoms with Crippen LogP contribution in [-0.2, 0) is 13.2 Å². The Morgan fingerprint density at radius 2 is 1.96 bits per heavy atom. The van der Waals surface area contributed by atoms with Gasteiger partial charge in [-0.25, -0.2) is 4.98 Å². The van der Waals surface area contributed by atoms with Gasteiger partial charge in [-0.05, 0) is 63.8 Å². The van der Waals surface area contributed by atoms with E-state index in [1.165, 1.54) is 0 Å². The van der Waals surface area contributed by atoms with E-state index in [9.17, 15) is 0 Å². The van der Waals surface area contributed by atoms with Crippen molar-refractivity contribution in [2.24, 2.45) is 0 Å². The number of hydrogen-bond acceptors (Lipinski definition) is 3. The number of hydrogen-bond donors (Lipinski definition) is 0. The first-order valence-corrected chi connectivity index (χ1v) is 8.90. The molecule has 0 saturated heterocycles. The number of ether oxygens (including phenoxy) is 1. The molecule has 0 aliphatic heterocycles. The molecule has 0 fully saturated rings. The van der Waals surface area contributed by atoms with Crippen LogP contribution >= 0.6 is 11.6 Å². The highest BCUT2D eigenvalue weighted by molar-refractivity contribution is 6.31. The molecule has 3 aromatic rings. The van der Waals surface area contributed by atoms with Gasteiger partial charge in [-0.1, -0.05) is 29.8 Å². The summed E-state index contributed by atoms with van der Waals surface area (Å²) >= 11 is 6.13. The van der Waals surface area contributed by atoms with Gasteiger partial charge < -0.3 is 14.2 Å². The van der Waals surface area contributed by atoms with E-state index >= 15 is 0 Å². The predicted molar refractivity (Wildman–Crippen MR) is 103 cm³/mol. The summed E-state index contributed by atoms with van der Waals surface area (Å²) in [6.45, 7) is 4.43. The highest BCUT2D eigenvalue weighted by atomic mass is 35.5. The third-order valence-electron chi connectivity index (χ3n) is 4.23. The van der Waals surface area contributed by atoms with Gasteiger partial charge in [-0.3, -0.25) is 0 Å². The summed E-state index contributed by atoms with van der Waals surface area (Å²) in [6.07, 6.45) is 1.05. The van der Waals surface area contributed by atoms with Crippen LogP contribution in [-0.4, -0.2) is 35.1 Å². The van der Waals surface area contributed by atoms with E-state index in [0.29, 0.717) is 11.6 Å². The van der Waals surface area contributed by atoms with E-state index in [1.54, 1.807) is 0 Å². The summed E-state index contributed by atoms with van der Waals surface area (Å²) in [7, 11) is 4.18. The highest BCUT2D eigenvalue weighted by Crippen LogP contribution is 2.23. The third-order valence-corrected chi connectivity index (χ3v) is 4.46. The van der Waals surface area contributed by atoms with Gasteiger partial charge in [0.05, 0.1) is 11.0 Å². The first-order chi connectivity index (χ1) is 12.0. The molecule has 0 radical (unpaired) electrons. The monoisotopic (exact) mass is 357 g/mol. The number of benzene rings is 2. The first-order valence-electron chi connectivity index (χ1n) is 8.52. The zero-order valence-corrected chi connectivity index (χ0v) is 15.8. The van der Waals surface area contributed by atoms with Gasteiger partial charge in [0.1, 0.15) is 18.2 Å². The molecule has 4 nitrogen and oxygen atoms in total. The smallest absolute Gasteiger partial charge is 0.147 e. The molecule has 1 heterocycles. The molecular weight excluding hydrogens is 334 g/mol. The lowest BCUT2D eigenvalue weighted by molar-refractivity contribution is 0.286. The Hall–Kier alpha value is -2.04. The Bertz CT molecular complexity index is 857. The van der Waals surface area contributed by atoms with Gasteiger partial charge in [0, 0.05) is 11.6 Å². The number of rotatable bonds is 7. The van der Waals surface area contributed by atoms with E-state index in [4.69, 9.17) is 21.3 Å². The summed E-state index contributed by atoms with van der Waals surface area (Å²) in [6, 6.07) is 13.9. The topological polar surface area (TPSA) is 30.3 Å². The van der Waals surface area contributed by atoms with Crippen LogP contribution in [0.15, 0.2) is 42.5 Å². The normalized spacial score (nSPS) is 11.4. The van der Waals surface area contributed by atoms with Crippen molar-refractivity contribution in [3.63, 3.8) is 0 Å². The molecule has 0 amide bonds. The molecule has 3 rings (SSSR count). The fraction of sp³-hybridized carbons (Fsp3) is 0.350. The van der Waals surface area contributed by atoms with Crippen molar-refractivity contribution in [2.75, 3.05) is 20.6 Å². The maximum Gasteiger partial charge on any atom is 0.147 e. The zero-order chi connectivity index (χ0) is 17.8. The second kappa shape index (κ2) is 7.89. The Morgan fingerprint density at radius 1 is 1.16 bits per heavy atom. The Labute approximate surface area is 154 Å². The molecule has 0 spiro atoms. The summed E-state index contributed by atoms with van der Waals surface area (Å²) in [5.74, 6) is 1.83. The molecule has 25 heavy (non-hydrogen) atoms. The van der Waals surface area contributed by atoms with Crippen LogP contribution < -0.4 is 4.74 Å². The third kappa shape index (κ3) is 4.33. The van der Waals surface area contributed by atoms with Gasteiger partial charge in [0.15, 0.2) is 0 Å². The van der Waals surface area contributed by atoms with Gasteiger partial charge in [-0.2, -0.15) is 0 Å². The van der Waals surface area contributed by atoms with Crippen LogP contribution in [0, 0.1) is 6.92 Å². The van der Waals surface area contributed by atoms with Crippen molar-refractivity contribution in [1.29, 1.82) is 0 Å². The van der Waals surface area contributed by atoms with Crippen molar-refractivity contribution in [1.82, 2.24) is 14.5 Å². The summed E-state index contributed by atoms with van der Waals surface area (Å²) in [5, 5.41) is 0.705. The Morgan fingerprint density at radius 3 is 2.72 bits per heavy atom. The van der Waals surface area contributed by atoms with Gasteiger partial charge in [0.25, 0.3) is 0 Å². The van der Waals surface area contributed by atoms with E-state index in [-0.39, 0.29) is 0 Å². The maximum atomic E-state index is 6.13. The van der Waals surface area contributed by atoms with Crippen molar-refractivity contribution in [2.45, 2.75) is 26.5 Å². The molecule has 0 aliphatic carbocycles. The van der Waals surface area contributed by atoms with E-state index in [2.05, 4.69) is 36.6 Å². The Balaban J connectivity index is 1.85. The lowest BCUT2D eigenvalue weighted by Crippen LogP contribution is -2.16. The van der Waals surface area contributed by atoms with Crippen molar-refractivity contribution in [3.05, 3.63) is 58.9 Å². The second-order valence-electron chi connectivity index (χ2n) is 6.52. The maximum absolute atomic E-state index is 6.13. The van der Waals surface area contributed by atoms with Crippen molar-refractivity contribution >= 4 is 22.6 Å². The lowest BCUT2D eigenvalue weighted by Gasteiger charge is -2.13. The highest BCUT2D eigenvalue weighted by Gasteiger charge is 2.12. The number of halogens is 1.